The Hall–Kier alpha value is -1.65. The minimum absolute atomic E-state index is 0.0842. The van der Waals surface area contributed by atoms with Crippen molar-refractivity contribution >= 4 is 21.7 Å². The standard InChI is InChI=1S/C16H15BrO3/c1-19-14-9-7-12(8-10-14)11-20-16(17)15(18)13-5-3-2-4-6-13/h2-10,16H,11H2,1H3. The van der Waals surface area contributed by atoms with Gasteiger partial charge in [-0.15, -0.1) is 0 Å². The monoisotopic (exact) mass is 334 g/mol. The number of hydrogen-bond acceptors (Lipinski definition) is 3. The van der Waals surface area contributed by atoms with E-state index in [2.05, 4.69) is 15.9 Å². The van der Waals surface area contributed by atoms with Gasteiger partial charge in [0, 0.05) is 5.56 Å². The van der Waals surface area contributed by atoms with Gasteiger partial charge in [0.15, 0.2) is 5.01 Å². The highest BCUT2D eigenvalue weighted by Gasteiger charge is 2.17. The van der Waals surface area contributed by atoms with Crippen LogP contribution in [0.1, 0.15) is 15.9 Å². The number of halogens is 1. The Morgan fingerprint density at radius 2 is 1.75 bits per heavy atom. The Morgan fingerprint density at radius 1 is 1.10 bits per heavy atom. The maximum Gasteiger partial charge on any atom is 0.202 e. The summed E-state index contributed by atoms with van der Waals surface area (Å²) in [5, 5.41) is -0.646. The fourth-order valence-corrected chi connectivity index (χ4v) is 2.10. The van der Waals surface area contributed by atoms with Crippen molar-refractivity contribution in [2.24, 2.45) is 0 Å². The number of rotatable bonds is 6. The van der Waals surface area contributed by atoms with Crippen molar-refractivity contribution < 1.29 is 14.3 Å². The van der Waals surface area contributed by atoms with Crippen LogP contribution in [0.25, 0.3) is 0 Å². The van der Waals surface area contributed by atoms with Crippen molar-refractivity contribution in [3.8, 4) is 5.75 Å². The number of carbonyl (C=O) groups is 1. The van der Waals surface area contributed by atoms with Gasteiger partial charge in [-0.25, -0.2) is 0 Å². The van der Waals surface area contributed by atoms with Gasteiger partial charge in [0.2, 0.25) is 5.78 Å². The van der Waals surface area contributed by atoms with Crippen LogP contribution in [0.2, 0.25) is 0 Å². The lowest BCUT2D eigenvalue weighted by Crippen LogP contribution is -2.17. The quantitative estimate of drug-likeness (QED) is 0.595. The summed E-state index contributed by atoms with van der Waals surface area (Å²) in [6, 6.07) is 16.6. The minimum atomic E-state index is -0.646. The van der Waals surface area contributed by atoms with E-state index < -0.39 is 5.01 Å². The highest BCUT2D eigenvalue weighted by Crippen LogP contribution is 2.16. The van der Waals surface area contributed by atoms with E-state index in [1.54, 1.807) is 19.2 Å². The van der Waals surface area contributed by atoms with Gasteiger partial charge >= 0.3 is 0 Å². The molecule has 0 saturated carbocycles. The first-order valence-corrected chi connectivity index (χ1v) is 7.10. The zero-order valence-electron chi connectivity index (χ0n) is 11.1. The molecule has 104 valence electrons. The van der Waals surface area contributed by atoms with Crippen LogP contribution in [0.3, 0.4) is 0 Å². The second-order valence-corrected chi connectivity index (χ2v) is 5.04. The fourth-order valence-electron chi connectivity index (χ4n) is 1.70. The zero-order valence-corrected chi connectivity index (χ0v) is 12.7. The molecule has 0 aliphatic heterocycles. The van der Waals surface area contributed by atoms with E-state index in [0.29, 0.717) is 12.2 Å². The van der Waals surface area contributed by atoms with Crippen LogP contribution in [-0.2, 0) is 11.3 Å². The van der Waals surface area contributed by atoms with Crippen LogP contribution >= 0.6 is 15.9 Å². The lowest BCUT2D eigenvalue weighted by molar-refractivity contribution is 0.0652. The summed E-state index contributed by atoms with van der Waals surface area (Å²) < 4.78 is 10.6. The van der Waals surface area contributed by atoms with E-state index >= 15 is 0 Å². The Balaban J connectivity index is 1.91. The molecule has 0 saturated heterocycles. The molecule has 20 heavy (non-hydrogen) atoms. The fraction of sp³-hybridized carbons (Fsp3) is 0.188. The van der Waals surface area contributed by atoms with Crippen molar-refractivity contribution in [1.82, 2.24) is 0 Å². The lowest BCUT2D eigenvalue weighted by Gasteiger charge is -2.11. The third kappa shape index (κ3) is 3.92. The smallest absolute Gasteiger partial charge is 0.202 e. The van der Waals surface area contributed by atoms with E-state index in [1.165, 1.54) is 0 Å². The highest BCUT2D eigenvalue weighted by atomic mass is 79.9. The molecule has 1 unspecified atom stereocenters. The summed E-state index contributed by atoms with van der Waals surface area (Å²) >= 11 is 3.27. The van der Waals surface area contributed by atoms with E-state index in [9.17, 15) is 4.79 Å². The summed E-state index contributed by atoms with van der Waals surface area (Å²) in [6.45, 7) is 0.360. The summed E-state index contributed by atoms with van der Waals surface area (Å²) in [5.74, 6) is 0.712. The van der Waals surface area contributed by atoms with E-state index in [4.69, 9.17) is 9.47 Å². The highest BCUT2D eigenvalue weighted by molar-refractivity contribution is 9.09. The lowest BCUT2D eigenvalue weighted by atomic mass is 10.1. The summed E-state index contributed by atoms with van der Waals surface area (Å²) in [7, 11) is 1.62. The van der Waals surface area contributed by atoms with Crippen molar-refractivity contribution in [3.63, 3.8) is 0 Å². The maximum absolute atomic E-state index is 12.1. The third-order valence-corrected chi connectivity index (χ3v) is 3.50. The molecule has 2 rings (SSSR count). The van der Waals surface area contributed by atoms with Crippen LogP contribution in [0, 0.1) is 0 Å². The molecule has 1 atom stereocenters. The van der Waals surface area contributed by atoms with Crippen molar-refractivity contribution in [2.75, 3.05) is 7.11 Å². The van der Waals surface area contributed by atoms with E-state index in [1.807, 2.05) is 42.5 Å². The molecule has 0 aromatic heterocycles. The summed E-state index contributed by atoms with van der Waals surface area (Å²) in [6.07, 6.45) is 0. The number of methoxy groups -OCH3 is 1. The maximum atomic E-state index is 12.1. The van der Waals surface area contributed by atoms with Crippen molar-refractivity contribution in [3.05, 3.63) is 65.7 Å². The summed E-state index contributed by atoms with van der Waals surface area (Å²) in [5.41, 5.74) is 1.61. The average Bonchev–Trinajstić information content (AvgIpc) is 2.53. The normalized spacial score (nSPS) is 11.9. The van der Waals surface area contributed by atoms with Gasteiger partial charge in [0.05, 0.1) is 13.7 Å². The van der Waals surface area contributed by atoms with Crippen molar-refractivity contribution in [2.45, 2.75) is 11.6 Å². The second-order valence-electron chi connectivity index (χ2n) is 4.21. The Labute approximate surface area is 126 Å². The first-order chi connectivity index (χ1) is 9.70. The molecule has 0 spiro atoms. The van der Waals surface area contributed by atoms with Gasteiger partial charge in [-0.05, 0) is 33.6 Å². The first kappa shape index (κ1) is 14.8. The van der Waals surface area contributed by atoms with Gasteiger partial charge in [-0.2, -0.15) is 0 Å². The van der Waals surface area contributed by atoms with Crippen LogP contribution in [0.15, 0.2) is 54.6 Å². The molecule has 2 aromatic carbocycles. The van der Waals surface area contributed by atoms with Gasteiger partial charge in [-0.1, -0.05) is 42.5 Å². The molecule has 0 fully saturated rings. The van der Waals surface area contributed by atoms with Crippen LogP contribution < -0.4 is 4.74 Å². The SMILES string of the molecule is COc1ccc(COC(Br)C(=O)c2ccccc2)cc1. The Bertz CT molecular complexity index is 552. The van der Waals surface area contributed by atoms with Crippen LogP contribution in [0.5, 0.6) is 5.75 Å². The molecule has 0 aliphatic carbocycles. The molecule has 0 amide bonds. The largest absolute Gasteiger partial charge is 0.497 e. The number of ether oxygens (including phenoxy) is 2. The van der Waals surface area contributed by atoms with Crippen LogP contribution in [0.4, 0.5) is 0 Å². The third-order valence-electron chi connectivity index (χ3n) is 2.82. The molecular formula is C16H15BrO3. The number of benzene rings is 2. The van der Waals surface area contributed by atoms with Gasteiger partial charge in [0.1, 0.15) is 5.75 Å². The molecule has 4 heteroatoms. The molecule has 0 bridgehead atoms. The number of alkyl halides is 1. The van der Waals surface area contributed by atoms with Crippen LogP contribution in [-0.4, -0.2) is 17.9 Å². The van der Waals surface area contributed by atoms with Crippen molar-refractivity contribution in [1.29, 1.82) is 0 Å². The Morgan fingerprint density at radius 3 is 2.35 bits per heavy atom. The van der Waals surface area contributed by atoms with E-state index in [0.717, 1.165) is 11.3 Å². The summed E-state index contributed by atoms with van der Waals surface area (Å²) in [4.78, 5) is 12.1. The first-order valence-electron chi connectivity index (χ1n) is 6.18. The van der Waals surface area contributed by atoms with E-state index in [-0.39, 0.29) is 5.78 Å². The number of hydrogen-bond donors (Lipinski definition) is 0. The predicted octanol–water partition coefficient (Wildman–Crippen LogP) is 3.82. The zero-order chi connectivity index (χ0) is 14.4. The Kier molecular flexibility index (Phi) is 5.32. The molecule has 0 heterocycles. The molecule has 3 nitrogen and oxygen atoms in total. The predicted molar refractivity (Wildman–Crippen MR) is 81.3 cm³/mol. The molecule has 0 radical (unpaired) electrons. The molecule has 0 N–H and O–H groups in total. The second kappa shape index (κ2) is 7.22. The number of ketones is 1. The molecule has 0 aliphatic rings. The minimum Gasteiger partial charge on any atom is -0.497 e. The molecular weight excluding hydrogens is 320 g/mol. The average molecular weight is 335 g/mol. The number of Topliss-reactive ketones (excluding diaryl/α,β-unsaturated/α-hetero) is 1. The molecule has 2 aromatic rings. The number of carbonyl (C=O) groups excluding carboxylic acids is 1. The van der Waals surface area contributed by atoms with Gasteiger partial charge in [0.25, 0.3) is 0 Å². The topological polar surface area (TPSA) is 35.5 Å². The van der Waals surface area contributed by atoms with Gasteiger partial charge in [-0.3, -0.25) is 4.79 Å². The van der Waals surface area contributed by atoms with Gasteiger partial charge < -0.3 is 9.47 Å².